The molecular weight excluding hydrogens is 456 g/mol. The largest absolute Gasteiger partial charge is 0.490 e. The molecule has 32 heavy (non-hydrogen) atoms. The highest BCUT2D eigenvalue weighted by Crippen LogP contribution is 2.29. The van der Waals surface area contributed by atoms with Crippen molar-refractivity contribution in [3.8, 4) is 11.5 Å². The molecule has 0 aliphatic carbocycles. The monoisotopic (exact) mass is 482 g/mol. The highest BCUT2D eigenvalue weighted by atomic mass is 35.5. The normalized spacial score (nSPS) is 14.7. The summed E-state index contributed by atoms with van der Waals surface area (Å²) in [5.74, 6) is 1.05. The van der Waals surface area contributed by atoms with Crippen molar-refractivity contribution in [2.45, 2.75) is 24.7 Å². The fraction of sp³-hybridized carbons (Fsp3) is 0.409. The number of benzene rings is 2. The number of sulfonamides is 1. The quantitative estimate of drug-likeness (QED) is 0.520. The van der Waals surface area contributed by atoms with Crippen LogP contribution in [0.5, 0.6) is 11.5 Å². The van der Waals surface area contributed by atoms with Gasteiger partial charge in [0, 0.05) is 25.2 Å². The van der Waals surface area contributed by atoms with Gasteiger partial charge in [0.1, 0.15) is 4.90 Å². The molecule has 3 rings (SSSR count). The van der Waals surface area contributed by atoms with E-state index < -0.39 is 10.0 Å². The minimum Gasteiger partial charge on any atom is -0.490 e. The molecule has 1 aliphatic heterocycles. The van der Waals surface area contributed by atoms with Gasteiger partial charge >= 0.3 is 0 Å². The highest BCUT2D eigenvalue weighted by molar-refractivity contribution is 7.89. The van der Waals surface area contributed by atoms with Gasteiger partial charge in [-0.2, -0.15) is 4.31 Å². The van der Waals surface area contributed by atoms with Crippen molar-refractivity contribution in [3.63, 3.8) is 0 Å². The molecule has 1 fully saturated rings. The van der Waals surface area contributed by atoms with Gasteiger partial charge in [0.05, 0.1) is 31.5 Å². The number of morpholine rings is 1. The van der Waals surface area contributed by atoms with Crippen molar-refractivity contribution in [3.05, 3.63) is 47.5 Å². The highest BCUT2D eigenvalue weighted by Gasteiger charge is 2.28. The van der Waals surface area contributed by atoms with Crippen LogP contribution in [0.1, 0.15) is 19.8 Å². The summed E-state index contributed by atoms with van der Waals surface area (Å²) in [5, 5.41) is 2.84. The summed E-state index contributed by atoms with van der Waals surface area (Å²) in [6.45, 7) is 3.98. The first-order valence-electron chi connectivity index (χ1n) is 10.4. The lowest BCUT2D eigenvalue weighted by molar-refractivity contribution is -0.116. The van der Waals surface area contributed by atoms with Crippen LogP contribution in [0.15, 0.2) is 47.4 Å². The number of nitrogens with one attached hydrogen (secondary N) is 1. The molecule has 0 aromatic heterocycles. The van der Waals surface area contributed by atoms with Gasteiger partial charge in [0.25, 0.3) is 0 Å². The molecule has 0 radical (unpaired) electrons. The first-order chi connectivity index (χ1) is 15.4. The number of carbonyl (C=O) groups is 1. The lowest BCUT2D eigenvalue weighted by Crippen LogP contribution is -2.40. The lowest BCUT2D eigenvalue weighted by atomic mass is 10.2. The van der Waals surface area contributed by atoms with Crippen molar-refractivity contribution in [1.82, 2.24) is 4.31 Å². The predicted molar refractivity (Wildman–Crippen MR) is 122 cm³/mol. The average Bonchev–Trinajstić information content (AvgIpc) is 2.79. The summed E-state index contributed by atoms with van der Waals surface area (Å²) >= 11 is 6.16. The van der Waals surface area contributed by atoms with Gasteiger partial charge in [-0.05, 0) is 43.7 Å². The average molecular weight is 483 g/mol. The Kier molecular flexibility index (Phi) is 8.75. The Morgan fingerprint density at radius 1 is 1.12 bits per heavy atom. The van der Waals surface area contributed by atoms with E-state index in [1.165, 1.54) is 16.4 Å². The van der Waals surface area contributed by atoms with Gasteiger partial charge in [-0.1, -0.05) is 23.7 Å². The molecule has 174 valence electrons. The fourth-order valence-electron chi connectivity index (χ4n) is 3.19. The van der Waals surface area contributed by atoms with Crippen LogP contribution in [0.25, 0.3) is 0 Å². The molecule has 0 spiro atoms. The van der Waals surface area contributed by atoms with Gasteiger partial charge in [-0.25, -0.2) is 8.42 Å². The molecule has 1 heterocycles. The summed E-state index contributed by atoms with van der Waals surface area (Å²) in [6, 6.07) is 11.8. The maximum atomic E-state index is 12.9. The first-order valence-corrected chi connectivity index (χ1v) is 12.3. The van der Waals surface area contributed by atoms with Crippen molar-refractivity contribution in [1.29, 1.82) is 0 Å². The molecular formula is C22H27ClN2O6S. The van der Waals surface area contributed by atoms with E-state index in [9.17, 15) is 13.2 Å². The number of hydrogen-bond acceptors (Lipinski definition) is 6. The van der Waals surface area contributed by atoms with Crippen LogP contribution < -0.4 is 14.8 Å². The van der Waals surface area contributed by atoms with Crippen LogP contribution in [0, 0.1) is 0 Å². The van der Waals surface area contributed by atoms with E-state index in [-0.39, 0.29) is 35.3 Å². The van der Waals surface area contributed by atoms with E-state index in [4.69, 9.17) is 25.8 Å². The molecule has 1 aliphatic rings. The first kappa shape index (κ1) is 24.3. The smallest absolute Gasteiger partial charge is 0.244 e. The van der Waals surface area contributed by atoms with E-state index in [0.717, 1.165) is 0 Å². The van der Waals surface area contributed by atoms with Crippen LogP contribution in [0.4, 0.5) is 5.69 Å². The van der Waals surface area contributed by atoms with Crippen molar-refractivity contribution in [2.24, 2.45) is 0 Å². The topological polar surface area (TPSA) is 94.2 Å². The number of rotatable bonds is 10. The van der Waals surface area contributed by atoms with Crippen LogP contribution in [-0.2, 0) is 19.6 Å². The summed E-state index contributed by atoms with van der Waals surface area (Å²) in [6.07, 6.45) is 0.698. The zero-order valence-corrected chi connectivity index (χ0v) is 19.5. The van der Waals surface area contributed by atoms with E-state index in [2.05, 4.69) is 5.32 Å². The molecule has 2 aromatic carbocycles. The standard InChI is InChI=1S/C22H27ClN2O6S/c1-2-30-19-6-3-4-7-20(19)31-13-5-8-22(26)24-17-9-10-18(23)21(16-17)32(27,28)25-11-14-29-15-12-25/h3-4,6-7,9-10,16H,2,5,8,11-15H2,1H3,(H,24,26). The number of carbonyl (C=O) groups excluding carboxylic acids is 1. The third kappa shape index (κ3) is 6.35. The zero-order valence-electron chi connectivity index (χ0n) is 17.9. The maximum absolute atomic E-state index is 12.9. The second kappa shape index (κ2) is 11.5. The molecule has 10 heteroatoms. The SMILES string of the molecule is CCOc1ccccc1OCCCC(=O)Nc1ccc(Cl)c(S(=O)(=O)N2CCOCC2)c1. The molecule has 0 unspecified atom stereocenters. The zero-order chi connectivity index (χ0) is 23.0. The Balaban J connectivity index is 1.55. The lowest BCUT2D eigenvalue weighted by Gasteiger charge is -2.26. The Morgan fingerprint density at radius 3 is 2.50 bits per heavy atom. The third-order valence-corrected chi connectivity index (χ3v) is 7.14. The molecule has 1 saturated heterocycles. The number of para-hydroxylation sites is 2. The van der Waals surface area contributed by atoms with Crippen molar-refractivity contribution >= 4 is 33.2 Å². The van der Waals surface area contributed by atoms with E-state index in [1.807, 2.05) is 31.2 Å². The minimum absolute atomic E-state index is 0.0327. The van der Waals surface area contributed by atoms with E-state index in [1.54, 1.807) is 6.07 Å². The molecule has 0 atom stereocenters. The number of ether oxygens (including phenoxy) is 3. The molecule has 8 nitrogen and oxygen atoms in total. The molecule has 0 bridgehead atoms. The van der Waals surface area contributed by atoms with Crippen molar-refractivity contribution < 1.29 is 27.4 Å². The summed E-state index contributed by atoms with van der Waals surface area (Å²) in [5.41, 5.74) is 0.369. The van der Waals surface area contributed by atoms with Gasteiger partial charge in [0.15, 0.2) is 11.5 Å². The maximum Gasteiger partial charge on any atom is 0.244 e. The fourth-order valence-corrected chi connectivity index (χ4v) is 5.10. The Bertz CT molecular complexity index is 1020. The van der Waals surface area contributed by atoms with E-state index in [0.29, 0.717) is 50.0 Å². The number of halogens is 1. The number of anilines is 1. The summed E-state index contributed by atoms with van der Waals surface area (Å²) in [4.78, 5) is 12.3. The van der Waals surface area contributed by atoms with Crippen molar-refractivity contribution in [2.75, 3.05) is 44.8 Å². The summed E-state index contributed by atoms with van der Waals surface area (Å²) < 4.78 is 43.6. The molecule has 0 saturated carbocycles. The second-order valence-corrected chi connectivity index (χ2v) is 9.36. The Morgan fingerprint density at radius 2 is 1.81 bits per heavy atom. The van der Waals surface area contributed by atoms with Gasteiger partial charge in [-0.15, -0.1) is 0 Å². The van der Waals surface area contributed by atoms with Crippen LogP contribution in [0.2, 0.25) is 5.02 Å². The van der Waals surface area contributed by atoms with Crippen LogP contribution >= 0.6 is 11.6 Å². The minimum atomic E-state index is -3.77. The van der Waals surface area contributed by atoms with Gasteiger partial charge in [0.2, 0.25) is 15.9 Å². The Labute approximate surface area is 193 Å². The molecule has 2 aromatic rings. The van der Waals surface area contributed by atoms with Gasteiger partial charge < -0.3 is 19.5 Å². The third-order valence-electron chi connectivity index (χ3n) is 4.76. The van der Waals surface area contributed by atoms with E-state index >= 15 is 0 Å². The number of amides is 1. The molecule has 1 N–H and O–H groups in total. The molecule has 1 amide bonds. The summed E-state index contributed by atoms with van der Waals surface area (Å²) in [7, 11) is -3.77. The second-order valence-electron chi connectivity index (χ2n) is 7.04. The van der Waals surface area contributed by atoms with Gasteiger partial charge in [-0.3, -0.25) is 4.79 Å². The predicted octanol–water partition coefficient (Wildman–Crippen LogP) is 3.56. The number of nitrogens with zero attached hydrogens (tertiary/aromatic N) is 1. The van der Waals surface area contributed by atoms with Crippen LogP contribution in [-0.4, -0.2) is 58.1 Å². The Hall–Kier alpha value is -2.33. The number of hydrogen-bond donors (Lipinski definition) is 1. The van der Waals surface area contributed by atoms with Crippen LogP contribution in [0.3, 0.4) is 0 Å².